The summed E-state index contributed by atoms with van der Waals surface area (Å²) in [5.41, 5.74) is 6.29. The van der Waals surface area contributed by atoms with Crippen LogP contribution in [0.3, 0.4) is 0 Å². The lowest BCUT2D eigenvalue weighted by Crippen LogP contribution is -2.65. The molecule has 0 aliphatic carbocycles. The average molecular weight is 477 g/mol. The Morgan fingerprint density at radius 2 is 1.58 bits per heavy atom. The number of nitrogens with zero attached hydrogens (tertiary/aromatic N) is 2. The SMILES string of the molecule is CC(C)[Si]1(C(C)C)O[13CH2][13C@H]2O[13C@@H]([15n]3ccc(N)[15n]c3=O)[13CH2][13C@@H]2O[Si](C(C)C)(C(C)C)O1. The fourth-order valence-corrected chi connectivity index (χ4v) is 16.2. The van der Waals surface area contributed by atoms with Crippen LogP contribution in [0.5, 0.6) is 0 Å². The van der Waals surface area contributed by atoms with Crippen molar-refractivity contribution in [1.29, 1.82) is 0 Å². The average Bonchev–Trinajstić information content (AvgIpc) is 3.02. The molecule has 3 atom stereocenters. The summed E-state index contributed by atoms with van der Waals surface area (Å²) in [5.74, 6) is 0.203. The Balaban J connectivity index is 2.01. The molecule has 1 aromatic rings. The van der Waals surface area contributed by atoms with Crippen molar-refractivity contribution in [3.05, 3.63) is 22.7 Å². The van der Waals surface area contributed by atoms with Crippen LogP contribution in [0.15, 0.2) is 17.1 Å². The molecule has 0 unspecified atom stereocenters. The van der Waals surface area contributed by atoms with Crippen LogP contribution in [-0.2, 0) is 17.7 Å². The molecule has 3 rings (SSSR count). The molecule has 10 heteroatoms. The van der Waals surface area contributed by atoms with Gasteiger partial charge >= 0.3 is 22.8 Å². The summed E-state index contributed by atoms with van der Waals surface area (Å²) < 4.78 is 28.7. The van der Waals surface area contributed by atoms with Crippen LogP contribution in [0, 0.1) is 0 Å². The first-order chi connectivity index (χ1) is 14.4. The maximum absolute atomic E-state index is 12.4. The minimum Gasteiger partial charge on any atom is -0.414 e. The predicted octanol–water partition coefficient (Wildman–Crippen LogP) is 4.07. The molecule has 2 saturated heterocycles. The van der Waals surface area contributed by atoms with Gasteiger partial charge in [0.15, 0.2) is 0 Å². The van der Waals surface area contributed by atoms with E-state index in [9.17, 15) is 4.79 Å². The highest BCUT2D eigenvalue weighted by atomic mass is 28.5. The van der Waals surface area contributed by atoms with Gasteiger partial charge < -0.3 is 23.4 Å². The second-order valence-corrected chi connectivity index (χ2v) is 18.9. The Morgan fingerprint density at radius 3 is 2.10 bits per heavy atom. The van der Waals surface area contributed by atoms with E-state index < -0.39 is 29.0 Å². The number of aromatic nitrogens is 2. The highest BCUT2D eigenvalue weighted by molar-refractivity contribution is 6.83. The normalized spacial score (nSPS) is 28.2. The molecule has 0 radical (unpaired) electrons. The lowest BCUT2D eigenvalue weighted by atomic mass is 10.5. The Morgan fingerprint density at radius 1 is 1.00 bits per heavy atom. The van der Waals surface area contributed by atoms with Crippen LogP contribution >= 0.6 is 0 Å². The van der Waals surface area contributed by atoms with Crippen molar-refractivity contribution in [2.75, 3.05) is 12.3 Å². The van der Waals surface area contributed by atoms with Crippen molar-refractivity contribution < 1.29 is 17.7 Å². The summed E-state index contributed by atoms with van der Waals surface area (Å²) in [6.45, 7) is 18.0. The van der Waals surface area contributed by atoms with Gasteiger partial charge in [0.2, 0.25) is 0 Å². The molecule has 2 aliphatic rings. The molecular formula is C21H39N3O5Si2. The third-order valence-electron chi connectivity index (χ3n) is 6.69. The van der Waals surface area contributed by atoms with Gasteiger partial charge in [-0.1, -0.05) is 55.4 Å². The van der Waals surface area contributed by atoms with Crippen molar-refractivity contribution in [2.24, 2.45) is 0 Å². The maximum Gasteiger partial charge on any atom is 0.351 e. The summed E-state index contributed by atoms with van der Waals surface area (Å²) in [6.07, 6.45) is 1.28. The van der Waals surface area contributed by atoms with Gasteiger partial charge in [-0.15, -0.1) is 0 Å². The highest BCUT2D eigenvalue weighted by Gasteiger charge is 2.60. The number of rotatable bonds is 5. The van der Waals surface area contributed by atoms with Crippen molar-refractivity contribution >= 4 is 22.9 Å². The topological polar surface area (TPSA) is 97.8 Å². The zero-order valence-corrected chi connectivity index (χ0v) is 22.1. The lowest BCUT2D eigenvalue weighted by Gasteiger charge is -2.51. The molecular weight excluding hydrogens is 437 g/mol. The molecule has 1 aromatic heterocycles. The van der Waals surface area contributed by atoms with E-state index in [1.54, 1.807) is 12.3 Å². The van der Waals surface area contributed by atoms with Crippen molar-refractivity contribution in [2.45, 2.75) is 102 Å². The minimum atomic E-state index is -2.69. The minimum absolute atomic E-state index is 0.197. The molecule has 0 amide bonds. The van der Waals surface area contributed by atoms with Gasteiger partial charge in [0.25, 0.3) is 0 Å². The van der Waals surface area contributed by atoms with Crippen LogP contribution < -0.4 is 11.4 Å². The van der Waals surface area contributed by atoms with Gasteiger partial charge in [-0.25, -0.2) is 4.79 Å². The Labute approximate surface area is 187 Å². The Bertz CT molecular complexity index is 813. The summed E-state index contributed by atoms with van der Waals surface area (Å²) in [4.78, 5) is 16.3. The molecule has 2 fully saturated rings. The number of hydrogen-bond donors (Lipinski definition) is 1. The van der Waals surface area contributed by atoms with Crippen LogP contribution in [-0.4, -0.2) is 45.5 Å². The van der Waals surface area contributed by atoms with E-state index in [0.29, 0.717) is 13.0 Å². The molecule has 2 aliphatic heterocycles. The zero-order valence-electron chi connectivity index (χ0n) is 20.1. The van der Waals surface area contributed by atoms with Crippen molar-refractivity contribution in [1.82, 2.24) is 9.55 Å². The van der Waals surface area contributed by atoms with Gasteiger partial charge in [0.05, 0.1) is 12.7 Å². The fraction of sp³-hybridized carbons (Fsp3) is 0.810. The molecule has 8 nitrogen and oxygen atoms in total. The van der Waals surface area contributed by atoms with E-state index >= 15 is 0 Å². The maximum atomic E-state index is 12.4. The number of nitrogen functional groups attached to an aromatic ring is 1. The number of nitrogens with two attached hydrogens (primary N) is 1. The molecule has 2 N–H and O–H groups in total. The first-order valence-electron chi connectivity index (χ1n) is 11.4. The van der Waals surface area contributed by atoms with Gasteiger partial charge in [0.1, 0.15) is 18.1 Å². The van der Waals surface area contributed by atoms with E-state index in [1.165, 1.54) is 4.57 Å². The van der Waals surface area contributed by atoms with Gasteiger partial charge in [-0.05, 0) is 28.2 Å². The van der Waals surface area contributed by atoms with E-state index in [2.05, 4.69) is 60.4 Å². The molecule has 0 saturated carbocycles. The fourth-order valence-electron chi connectivity index (χ4n) is 4.95. The van der Waals surface area contributed by atoms with Gasteiger partial charge in [-0.2, -0.15) is 4.98 Å². The standard InChI is InChI=1S/C21H39N3O5Si2/c1-13(2)30(14(3)4)26-12-18-17(28-31(29-30,15(5)6)16(7)8)11-20(27-18)24-10-9-19(22)23-21(24)25/h9-10,13-18,20H,11-12H2,1-8H3,(H2,22,23,25)/t17-,18+,20+/m0/s1/i11+1,12+1,17+1,18+1,20+1,23+1,24+1. The number of fused-ring (bicyclic) bond motifs is 1. The molecule has 0 bridgehead atoms. The number of hydrogen-bond acceptors (Lipinski definition) is 7. The number of anilines is 1. The third kappa shape index (κ3) is 4.42. The monoisotopic (exact) mass is 476 g/mol. The van der Waals surface area contributed by atoms with Gasteiger partial charge in [0, 0.05) is 12.6 Å². The number of ether oxygens (including phenoxy) is 1. The molecule has 31 heavy (non-hydrogen) atoms. The van der Waals surface area contributed by atoms with Crippen LogP contribution in [0.2, 0.25) is 22.2 Å². The second-order valence-electron chi connectivity index (χ2n) is 10.0. The molecule has 176 valence electrons. The molecule has 0 spiro atoms. The van der Waals surface area contributed by atoms with E-state index in [1.807, 2.05) is 0 Å². The Kier molecular flexibility index (Phi) is 7.19. The van der Waals surface area contributed by atoms with Crippen molar-refractivity contribution in [3.63, 3.8) is 0 Å². The van der Waals surface area contributed by atoms with Crippen LogP contribution in [0.4, 0.5) is 5.82 Å². The smallest absolute Gasteiger partial charge is 0.351 e. The Hall–Kier alpha value is -1.05. The van der Waals surface area contributed by atoms with E-state index in [4.69, 9.17) is 23.4 Å². The highest BCUT2D eigenvalue weighted by Crippen LogP contribution is 2.48. The van der Waals surface area contributed by atoms with Crippen molar-refractivity contribution in [3.8, 4) is 0 Å². The predicted molar refractivity (Wildman–Crippen MR) is 125 cm³/mol. The summed E-state index contributed by atoms with van der Waals surface area (Å²) in [6, 6.07) is 1.61. The zero-order chi connectivity index (χ0) is 23.1. The largest absolute Gasteiger partial charge is 0.414 e. The van der Waals surface area contributed by atoms with Crippen LogP contribution in [0.25, 0.3) is 0 Å². The first kappa shape index (κ1) is 24.6. The van der Waals surface area contributed by atoms with E-state index in [0.717, 1.165) is 0 Å². The second kappa shape index (κ2) is 9.07. The molecule has 0 aromatic carbocycles. The molecule has 3 heterocycles. The summed E-state index contributed by atoms with van der Waals surface area (Å²) in [5, 5.41) is 0. The van der Waals surface area contributed by atoms with Gasteiger partial charge in [-0.3, -0.25) is 4.57 Å². The lowest BCUT2D eigenvalue weighted by molar-refractivity contribution is -0.0565. The van der Waals surface area contributed by atoms with Crippen LogP contribution in [0.1, 0.15) is 68.0 Å². The first-order valence-corrected chi connectivity index (χ1v) is 15.4. The quantitative estimate of drug-likeness (QED) is 0.505. The third-order valence-corrected chi connectivity index (χ3v) is 17.0. The summed E-state index contributed by atoms with van der Waals surface area (Å²) >= 11 is 0. The van der Waals surface area contributed by atoms with E-state index in [-0.39, 0.29) is 40.2 Å². The summed E-state index contributed by atoms with van der Waals surface area (Å²) in [7, 11) is -5.29.